The summed E-state index contributed by atoms with van der Waals surface area (Å²) in [5.41, 5.74) is 1.16. The Balaban J connectivity index is 3.40. The van der Waals surface area contributed by atoms with Crippen LogP contribution in [-0.2, 0) is 17.7 Å². The van der Waals surface area contributed by atoms with E-state index >= 15 is 0 Å². The quantitative estimate of drug-likeness (QED) is 0.311. The van der Waals surface area contributed by atoms with Crippen molar-refractivity contribution in [2.75, 3.05) is 41.5 Å². The van der Waals surface area contributed by atoms with Crippen molar-refractivity contribution in [3.63, 3.8) is 0 Å². The van der Waals surface area contributed by atoms with E-state index in [1.807, 2.05) is 0 Å². The average Bonchev–Trinajstić information content (AvgIpc) is 2.58. The van der Waals surface area contributed by atoms with Gasteiger partial charge in [0.2, 0.25) is 0 Å². The van der Waals surface area contributed by atoms with Gasteiger partial charge >= 0.3 is 18.6 Å². The van der Waals surface area contributed by atoms with Crippen LogP contribution in [0.4, 0.5) is 0 Å². The lowest BCUT2D eigenvalue weighted by atomic mass is 10.1. The zero-order valence-corrected chi connectivity index (χ0v) is 19.1. The second-order valence-corrected chi connectivity index (χ2v) is 12.4. The highest BCUT2D eigenvalue weighted by atomic mass is 28.3. The van der Waals surface area contributed by atoms with E-state index in [1.165, 1.54) is 38.5 Å². The lowest BCUT2D eigenvalue weighted by molar-refractivity contribution is 0.264. The molecule has 2 unspecified atom stereocenters. The summed E-state index contributed by atoms with van der Waals surface area (Å²) in [6.45, 7) is 6.68. The molecule has 0 aliphatic rings. The van der Waals surface area contributed by atoms with Crippen LogP contribution in [-0.4, -0.2) is 60.1 Å². The van der Waals surface area contributed by atoms with Crippen LogP contribution in [0.5, 0.6) is 0 Å². The topological polar surface area (TPSA) is 49.0 Å². The van der Waals surface area contributed by atoms with Gasteiger partial charge in [0.05, 0.1) is 0 Å². The highest BCUT2D eigenvalue weighted by Gasteiger charge is 2.19. The van der Waals surface area contributed by atoms with Crippen LogP contribution in [0.2, 0.25) is 11.1 Å². The summed E-state index contributed by atoms with van der Waals surface area (Å²) in [6, 6.07) is 0. The van der Waals surface area contributed by atoms with Gasteiger partial charge in [-0.3, -0.25) is 0 Å². The van der Waals surface area contributed by atoms with Crippen molar-refractivity contribution in [1.82, 2.24) is 5.32 Å². The minimum Gasteiger partial charge on any atom is -0.400 e. The Hall–Kier alpha value is 0.234. The monoisotopic (exact) mass is 379 g/mol. The number of unbranched alkanes of at least 4 members (excludes halogenated alkanes) is 4. The van der Waals surface area contributed by atoms with E-state index in [2.05, 4.69) is 19.2 Å². The fourth-order valence-electron chi connectivity index (χ4n) is 3.10. The van der Waals surface area contributed by atoms with Gasteiger partial charge in [0.15, 0.2) is 0 Å². The predicted molar refractivity (Wildman–Crippen MR) is 106 cm³/mol. The van der Waals surface area contributed by atoms with Gasteiger partial charge in [-0.05, 0) is 43.4 Å². The molecule has 0 bridgehead atoms. The van der Waals surface area contributed by atoms with Crippen molar-refractivity contribution in [2.45, 2.75) is 69.9 Å². The second kappa shape index (κ2) is 16.7. The summed E-state index contributed by atoms with van der Waals surface area (Å²) in [5, 5.41) is 3.54. The number of rotatable bonds is 17. The van der Waals surface area contributed by atoms with E-state index < -0.39 is 18.6 Å². The van der Waals surface area contributed by atoms with Gasteiger partial charge in [0.1, 0.15) is 0 Å². The zero-order valence-electron chi connectivity index (χ0n) is 16.8. The molecule has 1 N–H and O–H groups in total. The van der Waals surface area contributed by atoms with Gasteiger partial charge in [-0.25, -0.2) is 0 Å². The summed E-state index contributed by atoms with van der Waals surface area (Å²) in [7, 11) is 4.22. The molecule has 0 aromatic heterocycles. The average molecular weight is 380 g/mol. The summed E-state index contributed by atoms with van der Waals surface area (Å²) in [4.78, 5) is 0. The van der Waals surface area contributed by atoms with E-state index in [4.69, 9.17) is 17.7 Å². The molecule has 0 aliphatic heterocycles. The fraction of sp³-hybridized carbons (Fsp3) is 1.00. The molecule has 0 saturated carbocycles. The summed E-state index contributed by atoms with van der Waals surface area (Å²) >= 11 is 0. The van der Waals surface area contributed by atoms with E-state index in [1.54, 1.807) is 28.4 Å². The Morgan fingerprint density at radius 1 is 0.625 bits per heavy atom. The Morgan fingerprint density at radius 3 is 1.62 bits per heavy atom. The van der Waals surface area contributed by atoms with Gasteiger partial charge in [-0.2, -0.15) is 0 Å². The van der Waals surface area contributed by atoms with Gasteiger partial charge in [0, 0.05) is 28.4 Å². The molecule has 7 heteroatoms. The van der Waals surface area contributed by atoms with E-state index in [9.17, 15) is 0 Å². The standard InChI is InChI=1S/C17H41NO4Si2/c1-16(23(19-3)20-4)12-10-8-7-9-11-14-18-15-13-17(2)24(21-5)22-6/h16-18,23-24H,7-15H2,1-6H3. The summed E-state index contributed by atoms with van der Waals surface area (Å²) < 4.78 is 21.7. The Bertz CT molecular complexity index is 241. The van der Waals surface area contributed by atoms with Crippen molar-refractivity contribution in [2.24, 2.45) is 0 Å². The molecule has 0 radical (unpaired) electrons. The highest BCUT2D eigenvalue weighted by Crippen LogP contribution is 2.19. The third-order valence-electron chi connectivity index (χ3n) is 4.65. The number of nitrogens with one attached hydrogen (secondary N) is 1. The molecule has 5 nitrogen and oxygen atoms in total. The van der Waals surface area contributed by atoms with Crippen LogP contribution >= 0.6 is 0 Å². The van der Waals surface area contributed by atoms with Gasteiger partial charge < -0.3 is 23.0 Å². The first-order chi connectivity index (χ1) is 11.6. The lowest BCUT2D eigenvalue weighted by Crippen LogP contribution is -2.27. The smallest absolute Gasteiger partial charge is 0.323 e. The first-order valence-corrected chi connectivity index (χ1v) is 12.6. The van der Waals surface area contributed by atoms with Gasteiger partial charge in [0.25, 0.3) is 0 Å². The van der Waals surface area contributed by atoms with Crippen molar-refractivity contribution < 1.29 is 17.7 Å². The molecule has 0 fully saturated rings. The maximum absolute atomic E-state index is 5.44. The molecule has 0 heterocycles. The normalized spacial score (nSPS) is 14.5. The predicted octanol–water partition coefficient (Wildman–Crippen LogP) is 3.11. The van der Waals surface area contributed by atoms with Crippen LogP contribution < -0.4 is 5.32 Å². The van der Waals surface area contributed by atoms with Crippen LogP contribution in [0.25, 0.3) is 0 Å². The van der Waals surface area contributed by atoms with Crippen molar-refractivity contribution in [3.8, 4) is 0 Å². The highest BCUT2D eigenvalue weighted by molar-refractivity contribution is 6.46. The van der Waals surface area contributed by atoms with E-state index in [-0.39, 0.29) is 0 Å². The van der Waals surface area contributed by atoms with E-state index in [0.29, 0.717) is 11.1 Å². The maximum Gasteiger partial charge on any atom is 0.323 e. The minimum atomic E-state index is -1.44. The SMILES string of the molecule is CO[SiH](OC)C(C)CCCCCCCNCCC(C)[SiH](OC)OC. The molecule has 0 aromatic carbocycles. The molecule has 0 aliphatic carbocycles. The Morgan fingerprint density at radius 2 is 1.08 bits per heavy atom. The molecule has 0 aromatic rings. The Kier molecular flexibility index (Phi) is 16.9. The Labute approximate surface area is 153 Å². The minimum absolute atomic E-state index is 0.557. The fourth-order valence-corrected chi connectivity index (χ4v) is 6.29. The van der Waals surface area contributed by atoms with Crippen molar-refractivity contribution in [3.05, 3.63) is 0 Å². The summed E-state index contributed by atoms with van der Waals surface area (Å²) in [5.74, 6) is 0. The lowest BCUT2D eigenvalue weighted by Gasteiger charge is -2.18. The van der Waals surface area contributed by atoms with Gasteiger partial charge in [-0.15, -0.1) is 0 Å². The first kappa shape index (κ1) is 24.2. The van der Waals surface area contributed by atoms with E-state index in [0.717, 1.165) is 19.5 Å². The second-order valence-electron chi connectivity index (χ2n) is 6.73. The molecule has 0 saturated heterocycles. The number of hydrogen-bond donors (Lipinski definition) is 1. The van der Waals surface area contributed by atoms with Crippen LogP contribution in [0.1, 0.15) is 58.8 Å². The molecule has 0 spiro atoms. The van der Waals surface area contributed by atoms with Crippen LogP contribution in [0.15, 0.2) is 0 Å². The molecule has 24 heavy (non-hydrogen) atoms. The first-order valence-electron chi connectivity index (χ1n) is 9.42. The molecule has 0 amide bonds. The van der Waals surface area contributed by atoms with Gasteiger partial charge in [-0.1, -0.05) is 39.5 Å². The largest absolute Gasteiger partial charge is 0.400 e. The van der Waals surface area contributed by atoms with Crippen LogP contribution in [0.3, 0.4) is 0 Å². The maximum atomic E-state index is 5.44. The zero-order chi connectivity index (χ0) is 18.2. The van der Waals surface area contributed by atoms with Crippen molar-refractivity contribution in [1.29, 1.82) is 0 Å². The molecule has 146 valence electrons. The third kappa shape index (κ3) is 11.7. The van der Waals surface area contributed by atoms with Crippen LogP contribution in [0, 0.1) is 0 Å². The molecule has 2 atom stereocenters. The molecular weight excluding hydrogens is 338 g/mol. The van der Waals surface area contributed by atoms with Crippen molar-refractivity contribution >= 4 is 18.6 Å². The third-order valence-corrected chi connectivity index (χ3v) is 9.03. The molecule has 0 rings (SSSR count). The summed E-state index contributed by atoms with van der Waals surface area (Å²) in [6.07, 6.45) is 8.92. The molecular formula is C17H41NO4Si2. The number of hydrogen-bond acceptors (Lipinski definition) is 5.